The van der Waals surface area contributed by atoms with Gasteiger partial charge in [0, 0.05) is 0 Å². The fraction of sp³-hybridized carbons (Fsp3) is 0.364. The molecule has 15 heavy (non-hydrogen) atoms. The first-order valence-electron chi connectivity index (χ1n) is 4.68. The molecule has 1 aromatic rings. The molecule has 0 fully saturated rings. The Labute approximate surface area is 93.9 Å². The number of ether oxygens (including phenoxy) is 2. The second-order valence-electron chi connectivity index (χ2n) is 3.49. The van der Waals surface area contributed by atoms with Crippen molar-refractivity contribution in [1.29, 1.82) is 0 Å². The third-order valence-electron chi connectivity index (χ3n) is 1.56. The Morgan fingerprint density at radius 2 is 2.07 bits per heavy atom. The number of hydrogen-bond acceptors (Lipinski definition) is 3. The summed E-state index contributed by atoms with van der Waals surface area (Å²) in [6.07, 6.45) is -0.725. The van der Waals surface area contributed by atoms with E-state index in [0.29, 0.717) is 17.4 Å². The maximum absolute atomic E-state index is 11.2. The van der Waals surface area contributed by atoms with Gasteiger partial charge in [-0.2, -0.15) is 0 Å². The lowest BCUT2D eigenvalue weighted by atomic mass is 10.2. The SMILES string of the molecule is CC(C)COC(=O)Oc1ccccc1Cl. The highest BCUT2D eigenvalue weighted by Crippen LogP contribution is 2.23. The number of benzene rings is 1. The van der Waals surface area contributed by atoms with Gasteiger partial charge in [-0.3, -0.25) is 0 Å². The van der Waals surface area contributed by atoms with Gasteiger partial charge in [-0.25, -0.2) is 4.79 Å². The van der Waals surface area contributed by atoms with Crippen LogP contribution in [-0.4, -0.2) is 12.8 Å². The Hall–Kier alpha value is -1.22. The monoisotopic (exact) mass is 228 g/mol. The van der Waals surface area contributed by atoms with Crippen LogP contribution in [-0.2, 0) is 4.74 Å². The van der Waals surface area contributed by atoms with Crippen molar-refractivity contribution >= 4 is 17.8 Å². The van der Waals surface area contributed by atoms with Gasteiger partial charge in [0.25, 0.3) is 0 Å². The van der Waals surface area contributed by atoms with Crippen LogP contribution in [0, 0.1) is 5.92 Å². The lowest BCUT2D eigenvalue weighted by Gasteiger charge is -2.08. The van der Waals surface area contributed by atoms with Gasteiger partial charge in [-0.05, 0) is 18.1 Å². The molecule has 0 N–H and O–H groups in total. The average Bonchev–Trinajstić information content (AvgIpc) is 2.18. The zero-order valence-corrected chi connectivity index (χ0v) is 9.45. The summed E-state index contributed by atoms with van der Waals surface area (Å²) in [6.45, 7) is 4.23. The van der Waals surface area contributed by atoms with E-state index in [1.807, 2.05) is 13.8 Å². The number of hydrogen-bond donors (Lipinski definition) is 0. The van der Waals surface area contributed by atoms with E-state index in [-0.39, 0.29) is 5.92 Å². The minimum absolute atomic E-state index is 0.281. The van der Waals surface area contributed by atoms with Crippen molar-refractivity contribution in [1.82, 2.24) is 0 Å². The molecule has 0 bridgehead atoms. The highest BCUT2D eigenvalue weighted by molar-refractivity contribution is 6.32. The number of para-hydroxylation sites is 1. The third kappa shape index (κ3) is 4.21. The fourth-order valence-corrected chi connectivity index (χ4v) is 1.06. The maximum atomic E-state index is 11.2. The lowest BCUT2D eigenvalue weighted by molar-refractivity contribution is 0.0886. The number of halogens is 1. The van der Waals surface area contributed by atoms with Crippen molar-refractivity contribution in [2.45, 2.75) is 13.8 Å². The van der Waals surface area contributed by atoms with E-state index in [9.17, 15) is 4.79 Å². The third-order valence-corrected chi connectivity index (χ3v) is 1.88. The second-order valence-corrected chi connectivity index (χ2v) is 3.89. The summed E-state index contributed by atoms with van der Waals surface area (Å²) < 4.78 is 9.75. The highest BCUT2D eigenvalue weighted by Gasteiger charge is 2.09. The van der Waals surface area contributed by atoms with Crippen molar-refractivity contribution in [3.05, 3.63) is 29.3 Å². The molecule has 0 aliphatic heterocycles. The molecule has 0 saturated heterocycles. The van der Waals surface area contributed by atoms with Crippen LogP contribution in [0.1, 0.15) is 13.8 Å². The highest BCUT2D eigenvalue weighted by atomic mass is 35.5. The van der Waals surface area contributed by atoms with Crippen LogP contribution in [0.4, 0.5) is 4.79 Å². The first-order chi connectivity index (χ1) is 7.09. The molecule has 0 unspecified atom stereocenters. The van der Waals surface area contributed by atoms with Crippen molar-refractivity contribution in [3.8, 4) is 5.75 Å². The largest absolute Gasteiger partial charge is 0.513 e. The first kappa shape index (κ1) is 11.9. The molecule has 0 aliphatic rings. The van der Waals surface area contributed by atoms with Gasteiger partial charge in [0.05, 0.1) is 11.6 Å². The summed E-state index contributed by atoms with van der Waals surface area (Å²) >= 11 is 5.80. The molecule has 0 spiro atoms. The predicted molar refractivity (Wildman–Crippen MR) is 58.3 cm³/mol. The number of carbonyl (C=O) groups excluding carboxylic acids is 1. The molecule has 0 saturated carbocycles. The second kappa shape index (κ2) is 5.61. The van der Waals surface area contributed by atoms with Crippen molar-refractivity contribution in [2.24, 2.45) is 5.92 Å². The zero-order valence-electron chi connectivity index (χ0n) is 8.70. The summed E-state index contributed by atoms with van der Waals surface area (Å²) in [5.74, 6) is 0.594. The van der Waals surface area contributed by atoms with Crippen molar-refractivity contribution in [2.75, 3.05) is 6.61 Å². The summed E-state index contributed by atoms with van der Waals surface area (Å²) in [5, 5.41) is 0.388. The summed E-state index contributed by atoms with van der Waals surface area (Å²) in [4.78, 5) is 11.2. The van der Waals surface area contributed by atoms with Crippen LogP contribution in [0.5, 0.6) is 5.75 Å². The Bertz CT molecular complexity index is 336. The van der Waals surface area contributed by atoms with Gasteiger partial charge in [0.2, 0.25) is 0 Å². The molecular weight excluding hydrogens is 216 g/mol. The minimum atomic E-state index is -0.725. The molecule has 82 valence electrons. The summed E-state index contributed by atoms with van der Waals surface area (Å²) in [6, 6.07) is 6.75. The van der Waals surface area contributed by atoms with Gasteiger partial charge < -0.3 is 9.47 Å². The van der Waals surface area contributed by atoms with Gasteiger partial charge in [0.1, 0.15) is 0 Å². The molecule has 1 rings (SSSR count). The number of carbonyl (C=O) groups is 1. The quantitative estimate of drug-likeness (QED) is 0.587. The standard InChI is InChI=1S/C11H13ClO3/c1-8(2)7-14-11(13)15-10-6-4-3-5-9(10)12/h3-6,8H,7H2,1-2H3. The molecular formula is C11H13ClO3. The van der Waals surface area contributed by atoms with E-state index in [1.54, 1.807) is 24.3 Å². The summed E-state index contributed by atoms with van der Waals surface area (Å²) in [7, 11) is 0. The Morgan fingerprint density at radius 1 is 1.40 bits per heavy atom. The van der Waals surface area contributed by atoms with Gasteiger partial charge in [-0.1, -0.05) is 37.6 Å². The molecule has 0 amide bonds. The molecule has 3 nitrogen and oxygen atoms in total. The van der Waals surface area contributed by atoms with Crippen LogP contribution in [0.2, 0.25) is 5.02 Å². The van der Waals surface area contributed by atoms with Crippen LogP contribution in [0.25, 0.3) is 0 Å². The van der Waals surface area contributed by atoms with Crippen LogP contribution >= 0.6 is 11.6 Å². The number of rotatable bonds is 3. The average molecular weight is 229 g/mol. The van der Waals surface area contributed by atoms with Gasteiger partial charge in [0.15, 0.2) is 5.75 Å². The van der Waals surface area contributed by atoms with Crippen LogP contribution < -0.4 is 4.74 Å². The molecule has 0 aromatic heterocycles. The topological polar surface area (TPSA) is 35.5 Å². The van der Waals surface area contributed by atoms with Crippen molar-refractivity contribution in [3.63, 3.8) is 0 Å². The van der Waals surface area contributed by atoms with E-state index in [1.165, 1.54) is 0 Å². The normalized spacial score (nSPS) is 10.1. The van der Waals surface area contributed by atoms with Crippen LogP contribution in [0.3, 0.4) is 0 Å². The Balaban J connectivity index is 2.48. The van der Waals surface area contributed by atoms with E-state index >= 15 is 0 Å². The van der Waals surface area contributed by atoms with Gasteiger partial charge in [-0.15, -0.1) is 0 Å². The van der Waals surface area contributed by atoms with Crippen LogP contribution in [0.15, 0.2) is 24.3 Å². The van der Waals surface area contributed by atoms with Crippen molar-refractivity contribution < 1.29 is 14.3 Å². The maximum Gasteiger partial charge on any atom is 0.513 e. The minimum Gasteiger partial charge on any atom is -0.434 e. The van der Waals surface area contributed by atoms with E-state index < -0.39 is 6.16 Å². The lowest BCUT2D eigenvalue weighted by Crippen LogP contribution is -2.14. The first-order valence-corrected chi connectivity index (χ1v) is 5.06. The molecule has 0 radical (unpaired) electrons. The molecule has 0 atom stereocenters. The summed E-state index contributed by atoms with van der Waals surface area (Å²) in [5.41, 5.74) is 0. The Morgan fingerprint density at radius 3 is 2.67 bits per heavy atom. The van der Waals surface area contributed by atoms with E-state index in [2.05, 4.69) is 0 Å². The molecule has 0 heterocycles. The fourth-order valence-electron chi connectivity index (χ4n) is 0.881. The molecule has 1 aromatic carbocycles. The Kier molecular flexibility index (Phi) is 4.43. The molecule has 4 heteroatoms. The predicted octanol–water partition coefficient (Wildman–Crippen LogP) is 3.51. The van der Waals surface area contributed by atoms with Gasteiger partial charge >= 0.3 is 6.16 Å². The van der Waals surface area contributed by atoms with E-state index in [4.69, 9.17) is 21.1 Å². The molecule has 0 aliphatic carbocycles. The zero-order chi connectivity index (χ0) is 11.3. The van der Waals surface area contributed by atoms with E-state index in [0.717, 1.165) is 0 Å². The smallest absolute Gasteiger partial charge is 0.434 e.